The van der Waals surface area contributed by atoms with E-state index in [2.05, 4.69) is 4.74 Å². The van der Waals surface area contributed by atoms with E-state index in [4.69, 9.17) is 23.2 Å². The maximum Gasteiger partial charge on any atom is 0.322 e. The molecular formula is C3H4Cl2O2. The minimum Gasteiger partial charge on any atom is -0.448 e. The van der Waals surface area contributed by atoms with Crippen molar-refractivity contribution in [2.24, 2.45) is 0 Å². The molecule has 0 atom stereocenters. The van der Waals surface area contributed by atoms with Gasteiger partial charge in [-0.1, -0.05) is 11.6 Å². The quantitative estimate of drug-likeness (QED) is 0.425. The van der Waals surface area contributed by atoms with E-state index < -0.39 is 5.97 Å². The van der Waals surface area contributed by atoms with Gasteiger partial charge >= 0.3 is 5.97 Å². The van der Waals surface area contributed by atoms with Gasteiger partial charge in [0.15, 0.2) is 6.07 Å². The Bertz CT molecular complexity index is 64.0. The zero-order valence-electron chi connectivity index (χ0n) is 3.49. The summed E-state index contributed by atoms with van der Waals surface area (Å²) in [5, 5.41) is 0. The molecule has 2 nitrogen and oxygen atoms in total. The van der Waals surface area contributed by atoms with E-state index in [0.717, 1.165) is 0 Å². The van der Waals surface area contributed by atoms with E-state index in [-0.39, 0.29) is 11.9 Å². The molecular weight excluding hydrogens is 139 g/mol. The van der Waals surface area contributed by atoms with Crippen molar-refractivity contribution in [1.29, 1.82) is 0 Å². The van der Waals surface area contributed by atoms with Crippen molar-refractivity contribution < 1.29 is 9.53 Å². The van der Waals surface area contributed by atoms with Crippen LogP contribution in [0.25, 0.3) is 0 Å². The molecule has 0 radical (unpaired) electrons. The molecule has 0 bridgehead atoms. The summed E-state index contributed by atoms with van der Waals surface area (Å²) in [4.78, 5) is 9.97. The molecule has 0 aliphatic heterocycles. The van der Waals surface area contributed by atoms with Crippen LogP contribution in [0.4, 0.5) is 0 Å². The van der Waals surface area contributed by atoms with E-state index >= 15 is 0 Å². The molecule has 0 N–H and O–H groups in total. The van der Waals surface area contributed by atoms with E-state index in [0.29, 0.717) is 0 Å². The van der Waals surface area contributed by atoms with Gasteiger partial charge in [0.2, 0.25) is 0 Å². The third kappa shape index (κ3) is 3.89. The van der Waals surface area contributed by atoms with Gasteiger partial charge in [0, 0.05) is 0 Å². The Hall–Kier alpha value is 0.0500. The Morgan fingerprint density at radius 3 is 2.29 bits per heavy atom. The smallest absolute Gasteiger partial charge is 0.322 e. The summed E-state index contributed by atoms with van der Waals surface area (Å²) in [6, 6.07) is -0.119. The number of carbonyl (C=O) groups excluding carboxylic acids is 1. The molecule has 42 valence electrons. The van der Waals surface area contributed by atoms with Crippen LogP contribution in [0.1, 0.15) is 0 Å². The zero-order valence-corrected chi connectivity index (χ0v) is 5.00. The van der Waals surface area contributed by atoms with Gasteiger partial charge in [0.25, 0.3) is 0 Å². The number of alkyl halides is 2. The van der Waals surface area contributed by atoms with Crippen molar-refractivity contribution in [3.05, 3.63) is 0 Å². The number of halogens is 2. The third-order valence-corrected chi connectivity index (χ3v) is 0.652. The molecule has 0 aromatic carbocycles. The standard InChI is InChI=1S/C3H4Cl2O2/c4-1-3(6)7-2-5/h1-2H2. The average Bonchev–Trinajstić information content (AvgIpc) is 1.68. The maximum absolute atomic E-state index is 9.97. The Morgan fingerprint density at radius 1 is 1.57 bits per heavy atom. The second-order valence-corrected chi connectivity index (χ2v) is 1.24. The summed E-state index contributed by atoms with van der Waals surface area (Å²) >= 11 is 9.97. The zero-order chi connectivity index (χ0) is 5.70. The molecule has 0 saturated carbocycles. The number of carbonyl (C=O) groups is 1. The van der Waals surface area contributed by atoms with Crippen LogP contribution in [0.2, 0.25) is 0 Å². The van der Waals surface area contributed by atoms with E-state index in [1.54, 1.807) is 0 Å². The van der Waals surface area contributed by atoms with Crippen molar-refractivity contribution in [3.63, 3.8) is 0 Å². The lowest BCUT2D eigenvalue weighted by Gasteiger charge is -1.91. The van der Waals surface area contributed by atoms with Gasteiger partial charge in [0.05, 0.1) is 0 Å². The van der Waals surface area contributed by atoms with Crippen LogP contribution in [0.5, 0.6) is 0 Å². The Kier molecular flexibility index (Phi) is 4.25. The highest BCUT2D eigenvalue weighted by Gasteiger charge is 1.94. The van der Waals surface area contributed by atoms with Gasteiger partial charge in [-0.2, -0.15) is 0 Å². The fourth-order valence-corrected chi connectivity index (χ4v) is 0.298. The van der Waals surface area contributed by atoms with Crippen molar-refractivity contribution in [2.75, 3.05) is 11.9 Å². The predicted octanol–water partition coefficient (Wildman–Crippen LogP) is 0.965. The van der Waals surface area contributed by atoms with Crippen LogP contribution in [-0.2, 0) is 9.53 Å². The molecule has 7 heavy (non-hydrogen) atoms. The van der Waals surface area contributed by atoms with Crippen molar-refractivity contribution in [2.45, 2.75) is 0 Å². The van der Waals surface area contributed by atoms with Crippen LogP contribution in [0.15, 0.2) is 0 Å². The number of rotatable bonds is 2. The summed E-state index contributed by atoms with van der Waals surface area (Å²) in [7, 11) is 0. The van der Waals surface area contributed by atoms with Gasteiger partial charge in [-0.05, 0) is 0 Å². The summed E-state index contributed by atoms with van der Waals surface area (Å²) < 4.78 is 4.19. The van der Waals surface area contributed by atoms with Gasteiger partial charge in [0.1, 0.15) is 5.88 Å². The van der Waals surface area contributed by atoms with E-state index in [1.165, 1.54) is 0 Å². The summed E-state index contributed by atoms with van der Waals surface area (Å²) in [6.07, 6.45) is 0. The lowest BCUT2D eigenvalue weighted by atomic mass is 10.8. The molecule has 0 aliphatic rings. The molecule has 0 heterocycles. The summed E-state index contributed by atoms with van der Waals surface area (Å²) in [5.41, 5.74) is 0. The highest BCUT2D eigenvalue weighted by Crippen LogP contribution is 1.83. The molecule has 0 spiro atoms. The van der Waals surface area contributed by atoms with Crippen LogP contribution in [0, 0.1) is 0 Å². The van der Waals surface area contributed by atoms with Gasteiger partial charge < -0.3 is 4.74 Å². The third-order valence-electron chi connectivity index (χ3n) is 0.325. The molecule has 0 aromatic heterocycles. The predicted molar refractivity (Wildman–Crippen MR) is 27.5 cm³/mol. The molecule has 0 rings (SSSR count). The molecule has 0 fully saturated rings. The molecule has 0 amide bonds. The highest BCUT2D eigenvalue weighted by atomic mass is 35.5. The van der Waals surface area contributed by atoms with Gasteiger partial charge in [-0.3, -0.25) is 4.79 Å². The van der Waals surface area contributed by atoms with Crippen molar-refractivity contribution in [3.8, 4) is 0 Å². The first kappa shape index (κ1) is 7.05. The normalized spacial score (nSPS) is 8.29. The average molecular weight is 143 g/mol. The molecule has 0 saturated heterocycles. The topological polar surface area (TPSA) is 26.3 Å². The Balaban J connectivity index is 3.00. The second kappa shape index (κ2) is 4.22. The highest BCUT2D eigenvalue weighted by molar-refractivity contribution is 6.26. The number of ether oxygens (including phenoxy) is 1. The largest absolute Gasteiger partial charge is 0.448 e. The van der Waals surface area contributed by atoms with Crippen molar-refractivity contribution in [1.82, 2.24) is 0 Å². The minimum absolute atomic E-state index is 0.119. The fourth-order valence-electron chi connectivity index (χ4n) is 0.0994. The van der Waals surface area contributed by atoms with Crippen molar-refractivity contribution >= 4 is 29.2 Å². The van der Waals surface area contributed by atoms with Gasteiger partial charge in [-0.25, -0.2) is 0 Å². The maximum atomic E-state index is 9.97. The Labute approximate surface area is 51.4 Å². The number of esters is 1. The number of hydrogen-bond acceptors (Lipinski definition) is 2. The fraction of sp³-hybridized carbons (Fsp3) is 0.667. The first-order valence-electron chi connectivity index (χ1n) is 1.58. The van der Waals surface area contributed by atoms with E-state index in [9.17, 15) is 4.79 Å². The molecule has 4 heteroatoms. The second-order valence-electron chi connectivity index (χ2n) is 0.759. The summed E-state index contributed by atoms with van der Waals surface area (Å²) in [5.74, 6) is -0.621. The summed E-state index contributed by atoms with van der Waals surface area (Å²) in [6.45, 7) is 0. The SMILES string of the molecule is O=C(CCl)OCCl. The molecule has 0 aliphatic carbocycles. The van der Waals surface area contributed by atoms with Crippen LogP contribution >= 0.6 is 23.2 Å². The number of hydrogen-bond donors (Lipinski definition) is 0. The lowest BCUT2D eigenvalue weighted by Crippen LogP contribution is -2.02. The van der Waals surface area contributed by atoms with Crippen LogP contribution < -0.4 is 0 Å². The van der Waals surface area contributed by atoms with E-state index in [1.807, 2.05) is 0 Å². The van der Waals surface area contributed by atoms with Gasteiger partial charge in [-0.15, -0.1) is 11.6 Å². The monoisotopic (exact) mass is 142 g/mol. The first-order chi connectivity index (χ1) is 3.31. The van der Waals surface area contributed by atoms with Crippen LogP contribution in [-0.4, -0.2) is 17.9 Å². The molecule has 0 unspecified atom stereocenters. The first-order valence-corrected chi connectivity index (χ1v) is 2.65. The Morgan fingerprint density at radius 2 is 2.14 bits per heavy atom. The molecule has 0 aromatic rings. The lowest BCUT2D eigenvalue weighted by molar-refractivity contribution is -0.138. The minimum atomic E-state index is -0.489. The van der Waals surface area contributed by atoms with Crippen LogP contribution in [0.3, 0.4) is 0 Å².